The number of para-hydroxylation sites is 2. The number of hydrogen-bond acceptors (Lipinski definition) is 4. The molecule has 0 N–H and O–H groups in total. The van der Waals surface area contributed by atoms with Crippen molar-refractivity contribution in [3.8, 4) is 0 Å². The quantitative estimate of drug-likeness (QED) is 0.226. The predicted octanol–water partition coefficient (Wildman–Crippen LogP) is 7.08. The van der Waals surface area contributed by atoms with Crippen LogP contribution >= 0.6 is 0 Å². The summed E-state index contributed by atoms with van der Waals surface area (Å²) in [6.07, 6.45) is 1.97. The fourth-order valence-electron chi connectivity index (χ4n) is 3.98. The van der Waals surface area contributed by atoms with Crippen molar-refractivity contribution in [1.29, 1.82) is 0 Å². The Bertz CT molecular complexity index is 1060. The molecule has 0 saturated carbocycles. The van der Waals surface area contributed by atoms with Crippen LogP contribution in [0.4, 0.5) is 23.0 Å². The minimum atomic E-state index is -1.48. The molecule has 171 valence electrons. The van der Waals surface area contributed by atoms with Gasteiger partial charge in [-0.3, -0.25) is 0 Å². The zero-order valence-corrected chi connectivity index (χ0v) is 23.4. The van der Waals surface area contributed by atoms with Crippen LogP contribution in [0, 0.1) is 12.7 Å². The standard InChI is InChI=1S/C26H32N4Si.Ir/c1-25(2,26(3,4)31(5,6)7)22-18-27-23-24(28-22)30(21-16-12-9-13-17-21)19-29(23)20-14-10-8-11-15-20;/h8-16,18-19H,1-7H3;/q-2;. The molecular weight excluding hydrogens is 589 g/mol. The zero-order chi connectivity index (χ0) is 22.4. The number of fused-ring (bicyclic) bond motifs is 1. The van der Waals surface area contributed by atoms with E-state index >= 15 is 0 Å². The van der Waals surface area contributed by atoms with Crippen molar-refractivity contribution in [2.45, 2.75) is 57.8 Å². The van der Waals surface area contributed by atoms with Crippen molar-refractivity contribution < 1.29 is 20.1 Å². The Balaban J connectivity index is 0.00000289. The van der Waals surface area contributed by atoms with Crippen molar-refractivity contribution >= 4 is 31.1 Å². The minimum Gasteiger partial charge on any atom is -0.477 e. The molecular formula is C26H32IrN4Si-2. The van der Waals surface area contributed by atoms with Gasteiger partial charge in [0.1, 0.15) is 11.6 Å². The molecule has 1 aliphatic rings. The first-order valence-corrected chi connectivity index (χ1v) is 14.4. The number of anilines is 4. The molecule has 1 aliphatic heterocycles. The SMILES string of the molecule is CC(C)(c1cnc2c(n1)N(c1[c-]cccc1)[CH-]N2c1ccccc1)C(C)(C)[Si](C)(C)C.[Ir]. The molecule has 4 nitrogen and oxygen atoms in total. The van der Waals surface area contributed by atoms with Gasteiger partial charge in [-0.15, -0.1) is 12.4 Å². The molecule has 0 aliphatic carbocycles. The van der Waals surface area contributed by atoms with E-state index in [1.54, 1.807) is 0 Å². The minimum absolute atomic E-state index is 0. The van der Waals surface area contributed by atoms with Crippen LogP contribution in [0.15, 0.2) is 60.8 Å². The number of aromatic nitrogens is 2. The van der Waals surface area contributed by atoms with Crippen LogP contribution in [-0.2, 0) is 25.5 Å². The predicted molar refractivity (Wildman–Crippen MR) is 133 cm³/mol. The summed E-state index contributed by atoms with van der Waals surface area (Å²) in [5, 5.41) is 0.133. The van der Waals surface area contributed by atoms with Crippen LogP contribution in [0.3, 0.4) is 0 Å². The normalized spacial score (nSPS) is 14.2. The summed E-state index contributed by atoms with van der Waals surface area (Å²) < 4.78 is 0. The van der Waals surface area contributed by atoms with E-state index in [2.05, 4.69) is 88.1 Å². The Hall–Kier alpha value is -2.01. The van der Waals surface area contributed by atoms with Crippen LogP contribution in [-0.4, -0.2) is 18.0 Å². The number of benzene rings is 2. The van der Waals surface area contributed by atoms with Crippen LogP contribution in [0.2, 0.25) is 24.7 Å². The van der Waals surface area contributed by atoms with Crippen molar-refractivity contribution in [2.75, 3.05) is 9.80 Å². The van der Waals surface area contributed by atoms with Gasteiger partial charge in [0.05, 0.1) is 20.0 Å². The molecule has 0 atom stereocenters. The third-order valence-corrected chi connectivity index (χ3v) is 11.9. The zero-order valence-electron chi connectivity index (χ0n) is 20.0. The maximum atomic E-state index is 5.23. The largest absolute Gasteiger partial charge is 0.477 e. The van der Waals surface area contributed by atoms with E-state index in [4.69, 9.17) is 9.97 Å². The Kier molecular flexibility index (Phi) is 6.72. The van der Waals surface area contributed by atoms with Gasteiger partial charge in [0.2, 0.25) is 0 Å². The number of rotatable bonds is 5. The summed E-state index contributed by atoms with van der Waals surface area (Å²) in [6.45, 7) is 18.8. The van der Waals surface area contributed by atoms with Crippen LogP contribution in [0.5, 0.6) is 0 Å². The Labute approximate surface area is 207 Å². The molecule has 4 rings (SSSR count). The average molecular weight is 621 g/mol. The van der Waals surface area contributed by atoms with Crippen molar-refractivity contribution in [3.63, 3.8) is 0 Å². The summed E-state index contributed by atoms with van der Waals surface area (Å²) in [5.41, 5.74) is 2.93. The van der Waals surface area contributed by atoms with Crippen molar-refractivity contribution in [2.24, 2.45) is 0 Å². The van der Waals surface area contributed by atoms with Gasteiger partial charge in [0, 0.05) is 31.2 Å². The molecule has 0 bridgehead atoms. The summed E-state index contributed by atoms with van der Waals surface area (Å²) in [6, 6.07) is 21.6. The molecule has 2 heterocycles. The van der Waals surface area contributed by atoms with Crippen LogP contribution in [0.1, 0.15) is 33.4 Å². The van der Waals surface area contributed by atoms with Crippen LogP contribution < -0.4 is 9.80 Å². The average Bonchev–Trinajstić information content (AvgIpc) is 3.13. The Morgan fingerprint density at radius 1 is 0.875 bits per heavy atom. The maximum absolute atomic E-state index is 5.23. The third-order valence-electron chi connectivity index (χ3n) is 7.49. The van der Waals surface area contributed by atoms with E-state index in [1.807, 2.05) is 42.6 Å². The third kappa shape index (κ3) is 4.04. The van der Waals surface area contributed by atoms with Crippen molar-refractivity contribution in [1.82, 2.24) is 9.97 Å². The van der Waals surface area contributed by atoms with Gasteiger partial charge in [-0.2, -0.15) is 30.3 Å². The monoisotopic (exact) mass is 621 g/mol. The van der Waals surface area contributed by atoms with E-state index in [-0.39, 0.29) is 30.6 Å². The van der Waals surface area contributed by atoms with Gasteiger partial charge in [0.15, 0.2) is 0 Å². The summed E-state index contributed by atoms with van der Waals surface area (Å²) in [7, 11) is -1.48. The van der Waals surface area contributed by atoms with Gasteiger partial charge >= 0.3 is 0 Å². The number of nitrogens with zero attached hydrogens (tertiary/aromatic N) is 4. The van der Waals surface area contributed by atoms with Gasteiger partial charge in [-0.1, -0.05) is 65.5 Å². The summed E-state index contributed by atoms with van der Waals surface area (Å²) >= 11 is 0. The van der Waals surface area contributed by atoms with E-state index < -0.39 is 8.07 Å². The molecule has 0 amide bonds. The smallest absolute Gasteiger partial charge is 0.145 e. The molecule has 0 fully saturated rings. The molecule has 3 aromatic rings. The maximum Gasteiger partial charge on any atom is 0.145 e. The van der Waals surface area contributed by atoms with Gasteiger partial charge in [-0.25, -0.2) is 9.97 Å². The van der Waals surface area contributed by atoms with E-state index in [0.717, 1.165) is 28.7 Å². The molecule has 0 saturated heterocycles. The van der Waals surface area contributed by atoms with E-state index in [9.17, 15) is 0 Å². The van der Waals surface area contributed by atoms with E-state index in [0.29, 0.717) is 0 Å². The molecule has 0 unspecified atom stereocenters. The first kappa shape index (κ1) is 24.6. The molecule has 0 spiro atoms. The number of hydrogen-bond donors (Lipinski definition) is 0. The van der Waals surface area contributed by atoms with Crippen LogP contribution in [0.25, 0.3) is 0 Å². The van der Waals surface area contributed by atoms with Gasteiger partial charge in [0.25, 0.3) is 0 Å². The summed E-state index contributed by atoms with van der Waals surface area (Å²) in [5.74, 6) is 1.69. The molecule has 6 heteroatoms. The second kappa shape index (κ2) is 8.73. The summed E-state index contributed by atoms with van der Waals surface area (Å²) in [4.78, 5) is 14.4. The molecule has 32 heavy (non-hydrogen) atoms. The topological polar surface area (TPSA) is 32.3 Å². The van der Waals surface area contributed by atoms with Gasteiger partial charge in [-0.05, 0) is 17.2 Å². The van der Waals surface area contributed by atoms with E-state index in [1.165, 1.54) is 0 Å². The molecule has 2 aromatic carbocycles. The first-order chi connectivity index (χ1) is 14.5. The fourth-order valence-corrected chi connectivity index (χ4v) is 5.98. The second-order valence-electron chi connectivity index (χ2n) is 10.3. The fraction of sp³-hybridized carbons (Fsp3) is 0.346. The second-order valence-corrected chi connectivity index (χ2v) is 16.1. The first-order valence-electron chi connectivity index (χ1n) is 10.9. The Morgan fingerprint density at radius 3 is 2.12 bits per heavy atom. The molecule has 1 aromatic heterocycles. The Morgan fingerprint density at radius 2 is 1.53 bits per heavy atom. The van der Waals surface area contributed by atoms with Gasteiger partial charge < -0.3 is 9.80 Å². The van der Waals surface area contributed by atoms with Crippen molar-refractivity contribution in [3.05, 3.63) is 79.2 Å². The molecule has 1 radical (unpaired) electrons.